The van der Waals surface area contributed by atoms with Crippen molar-refractivity contribution in [3.05, 3.63) is 0 Å². The highest BCUT2D eigenvalue weighted by molar-refractivity contribution is 6.20. The van der Waals surface area contributed by atoms with Crippen molar-refractivity contribution in [3.8, 4) is 0 Å². The first-order valence-corrected chi connectivity index (χ1v) is 45.5. The highest BCUT2D eigenvalue weighted by Gasteiger charge is 2.62. The third-order valence-corrected chi connectivity index (χ3v) is 21.7. The normalized spacial score (nSPS) is 39.0. The van der Waals surface area contributed by atoms with Crippen molar-refractivity contribution in [2.75, 3.05) is 185 Å². The van der Waals surface area contributed by atoms with E-state index in [1.54, 1.807) is 0 Å². The molecule has 35 nitrogen and oxygen atoms in total. The molecule has 0 aromatic rings. The molecule has 0 radical (unpaired) electrons. The van der Waals surface area contributed by atoms with Gasteiger partial charge in [0.2, 0.25) is 0 Å². The van der Waals surface area contributed by atoms with Gasteiger partial charge in [-0.3, -0.25) is 0 Å². The zero-order valence-corrected chi connectivity index (χ0v) is 76.5. The summed E-state index contributed by atoms with van der Waals surface area (Å²) in [6.45, 7) is 45.6. The lowest BCUT2D eigenvalue weighted by Crippen LogP contribution is -2.70. The van der Waals surface area contributed by atoms with Gasteiger partial charge in [-0.15, -0.1) is 0 Å². The van der Waals surface area contributed by atoms with E-state index in [9.17, 15) is 5.11 Å². The Labute approximate surface area is 719 Å². The van der Waals surface area contributed by atoms with E-state index in [2.05, 4.69) is 0 Å². The van der Waals surface area contributed by atoms with Crippen LogP contribution in [0.15, 0.2) is 0 Å². The van der Waals surface area contributed by atoms with Gasteiger partial charge in [-0.1, -0.05) is 11.6 Å². The third-order valence-electron chi connectivity index (χ3n) is 21.3. The molecule has 1 N–H and O–H groups in total. The zero-order valence-electron chi connectivity index (χ0n) is 75.7. The van der Waals surface area contributed by atoms with Crippen LogP contribution in [0.5, 0.6) is 0 Å². The van der Waals surface area contributed by atoms with Crippen LogP contribution in [-0.4, -0.2) is 404 Å². The lowest BCUT2D eigenvalue weighted by atomic mass is 9.94. The molecule has 7 rings (SSSR count). The molecule has 0 spiro atoms. The van der Waals surface area contributed by atoms with Crippen LogP contribution in [0.1, 0.15) is 145 Å². The summed E-state index contributed by atoms with van der Waals surface area (Å²) in [5.74, 6) is 0. The highest BCUT2D eigenvalue weighted by Crippen LogP contribution is 2.44. The van der Waals surface area contributed by atoms with Crippen LogP contribution in [0.2, 0.25) is 0 Å². The van der Waals surface area contributed by atoms with Gasteiger partial charge in [0.15, 0.2) is 43.3 Å². The maximum absolute atomic E-state index is 11.7. The lowest BCUT2D eigenvalue weighted by molar-refractivity contribution is -0.407. The Morgan fingerprint density at radius 1 is 0.175 bits per heavy atom. The minimum atomic E-state index is -1.23. The quantitative estimate of drug-likeness (QED) is 0.0605. The van der Waals surface area contributed by atoms with Gasteiger partial charge in [-0.2, -0.15) is 0 Å². The van der Waals surface area contributed by atoms with Crippen LogP contribution in [-0.2, 0) is 161 Å². The molecule has 0 aromatic carbocycles. The molecule has 7 fully saturated rings. The summed E-state index contributed by atoms with van der Waals surface area (Å²) in [6.07, 6.45) is -32.8. The van der Waals surface area contributed by atoms with Gasteiger partial charge < -0.3 is 166 Å². The number of hydrogen-bond donors (Lipinski definition) is 1. The minimum absolute atomic E-state index is 0.00138. The van der Waals surface area contributed by atoms with E-state index >= 15 is 0 Å². The molecule has 7 aliphatic rings. The van der Waals surface area contributed by atoms with Crippen molar-refractivity contribution in [2.45, 2.75) is 360 Å². The molecule has 708 valence electrons. The smallest absolute Gasteiger partial charge is 0.187 e. The summed E-state index contributed by atoms with van der Waals surface area (Å²) in [5.41, 5.74) is -0.875. The van der Waals surface area contributed by atoms with Crippen molar-refractivity contribution in [1.29, 1.82) is 0 Å². The van der Waals surface area contributed by atoms with E-state index in [-0.39, 0.29) is 126 Å². The number of ether oxygens (including phenoxy) is 34. The topological polar surface area (TPSA) is 334 Å². The second-order valence-electron chi connectivity index (χ2n) is 28.9. The predicted molar refractivity (Wildman–Crippen MR) is 433 cm³/mol. The predicted octanol–water partition coefficient (Wildman–Crippen LogP) is 6.90. The number of rotatable bonds is 61. The Morgan fingerprint density at radius 2 is 0.325 bits per heavy atom. The van der Waals surface area contributed by atoms with Gasteiger partial charge in [0.25, 0.3) is 0 Å². The fraction of sp³-hybridized carbons (Fsp3) is 1.00. The van der Waals surface area contributed by atoms with E-state index < -0.39 is 214 Å². The molecule has 35 atom stereocenters. The molecule has 0 amide bonds. The van der Waals surface area contributed by atoms with Gasteiger partial charge in [0.1, 0.15) is 171 Å². The molecular formula is C84H155ClO35. The number of alkyl halides is 1. The zero-order chi connectivity index (χ0) is 87.0. The number of hydrogen-bond acceptors (Lipinski definition) is 35. The number of halogens is 1. The molecular weight excluding hydrogens is 1600 g/mol. The van der Waals surface area contributed by atoms with Crippen LogP contribution in [0.3, 0.4) is 0 Å². The van der Waals surface area contributed by atoms with E-state index in [0.717, 1.165) is 0 Å². The molecule has 0 unspecified atom stereocenters. The van der Waals surface area contributed by atoms with E-state index in [1.165, 1.54) is 0 Å². The lowest BCUT2D eigenvalue weighted by Gasteiger charge is -2.53. The number of aliphatic hydroxyl groups excluding tert-OH is 1. The van der Waals surface area contributed by atoms with Crippen LogP contribution < -0.4 is 0 Å². The van der Waals surface area contributed by atoms with Crippen molar-refractivity contribution in [3.63, 3.8) is 0 Å². The highest BCUT2D eigenvalue weighted by atomic mass is 35.5. The molecule has 7 aliphatic heterocycles. The molecule has 0 aliphatic carbocycles. The van der Waals surface area contributed by atoms with Gasteiger partial charge in [-0.25, -0.2) is 0 Å². The van der Waals surface area contributed by atoms with Gasteiger partial charge in [-0.05, 0) is 145 Å². The molecule has 0 aromatic heterocycles. The Morgan fingerprint density at radius 3 is 0.525 bits per heavy atom. The van der Waals surface area contributed by atoms with Crippen LogP contribution >= 0.6 is 11.6 Å². The molecule has 0 bridgehead atoms. The monoisotopic (exact) mass is 1760 g/mol. The van der Waals surface area contributed by atoms with Gasteiger partial charge in [0, 0.05) is 139 Å². The van der Waals surface area contributed by atoms with Crippen LogP contribution in [0, 0.1) is 0 Å². The van der Waals surface area contributed by atoms with Crippen molar-refractivity contribution in [2.24, 2.45) is 0 Å². The van der Waals surface area contributed by atoms with E-state index in [4.69, 9.17) is 173 Å². The van der Waals surface area contributed by atoms with Crippen molar-refractivity contribution < 1.29 is 166 Å². The summed E-state index contributed by atoms with van der Waals surface area (Å²) in [7, 11) is 0. The Hall–Kier alpha value is -1.11. The Bertz CT molecular complexity index is 2580. The maximum Gasteiger partial charge on any atom is 0.187 e. The van der Waals surface area contributed by atoms with Gasteiger partial charge in [0.05, 0.1) is 46.2 Å². The molecule has 0 saturated carbocycles. The largest absolute Gasteiger partial charge is 0.387 e. The van der Waals surface area contributed by atoms with Gasteiger partial charge >= 0.3 is 0 Å². The summed E-state index contributed by atoms with van der Waals surface area (Å²) in [6, 6.07) is 0. The van der Waals surface area contributed by atoms with Crippen LogP contribution in [0.25, 0.3) is 0 Å². The molecule has 120 heavy (non-hydrogen) atoms. The fourth-order valence-corrected chi connectivity index (χ4v) is 16.9. The molecule has 7 saturated heterocycles. The van der Waals surface area contributed by atoms with Crippen molar-refractivity contribution >= 4 is 11.6 Å². The first-order chi connectivity index (χ1) is 58.5. The summed E-state index contributed by atoms with van der Waals surface area (Å²) >= 11 is 6.93. The SMILES string of the molecule is CCOC[C@H]1O[C@H](O[C@H]2[C@H](OCC)[C@@H](OCC)[C@@H](O[C@H]3[C@H](OCC)[C@@H](OCC)[C@@H](O[C@H]4[C@H](OCC)[C@@H](OCC)[C@@H](O[C@H]5[C@H](OCC)[C@@H](OCC)[C@@H](O[C@H]6[C@H](OCC)[C@@H](OCC)[C@@H](O[C@H]7[C@H](OCC)[C@@H](OCC)[C@@H](Cl)O[C@@H]7COCC)O[C@@H]6COCC)O[C@@H]5COCC)O[C@@H]4COCC)O[C@@H]3COCC)O[C@@H]2COCC)[C@H](OCC)[C@@H](OCC)[C@@H]1O. The fourth-order valence-electron chi connectivity index (χ4n) is 16.6. The second kappa shape index (κ2) is 58.5. The second-order valence-corrected chi connectivity index (χ2v) is 29.3. The Kier molecular flexibility index (Phi) is 51.7. The van der Waals surface area contributed by atoms with E-state index in [0.29, 0.717) is 59.5 Å². The maximum atomic E-state index is 11.7. The molecule has 36 heteroatoms. The molecule has 7 heterocycles. The van der Waals surface area contributed by atoms with Crippen LogP contribution in [0.4, 0.5) is 0 Å². The minimum Gasteiger partial charge on any atom is -0.387 e. The average molecular weight is 1760 g/mol. The summed E-state index contributed by atoms with van der Waals surface area (Å²) in [5, 5.41) is 11.7. The summed E-state index contributed by atoms with van der Waals surface area (Å²) < 4.78 is 229. The summed E-state index contributed by atoms with van der Waals surface area (Å²) in [4.78, 5) is 0. The Balaban J connectivity index is 1.24. The third kappa shape index (κ3) is 28.9. The standard InChI is InChI=1S/C84H155ClO35/c1-22-87-43-50-57(86)64(94-29-8)72(102-37-16)79(109-50)116-59-52(45-89-24-3)111-81(74(104-39-18)66(59)96-31-10)118-61-54(47-91-26-5)113-83(76(106-41-20)68(61)98-33-12)120-63-56(49-93-28-7)114-84(77(107-42-21)70(63)100-35-14)119-62-55(48-92-27-6)112-82(75(105-40-19)69(62)99-34-13)117-60-53(46-90-25-4)110-80(73(103-38-17)67(60)97-32-11)115-58-51(44-88-23-2)108-78(85)71(101-36-15)65(58)95-30-9/h50-84,86H,22-49H2,1-21H3/t50-,51-,52-,53-,54-,55-,56-,57-,58-,59-,60-,61-,62-,63-,64+,65+,66+,67+,68+,69+,70+,71-,72-,73-,74-,75-,76-,77-,78+,79-,80-,81-,82-,83-,84-/m1/s1. The number of aliphatic hydroxyl groups is 1. The average Bonchev–Trinajstić information content (AvgIpc) is 0.760. The van der Waals surface area contributed by atoms with E-state index in [1.807, 2.05) is 145 Å². The van der Waals surface area contributed by atoms with Crippen molar-refractivity contribution in [1.82, 2.24) is 0 Å². The first-order valence-electron chi connectivity index (χ1n) is 45.0. The first kappa shape index (κ1) is 106.